The molecule has 0 amide bonds. The lowest BCUT2D eigenvalue weighted by Crippen LogP contribution is -2.34. The van der Waals surface area contributed by atoms with Gasteiger partial charge in [0.15, 0.2) is 6.10 Å². The molecule has 3 atom stereocenters. The molecular formula is C45H78NO10P. The Labute approximate surface area is 345 Å². The first kappa shape index (κ1) is 54.2. The van der Waals surface area contributed by atoms with Gasteiger partial charge in [0.2, 0.25) is 0 Å². The summed E-state index contributed by atoms with van der Waals surface area (Å²) in [5.74, 6) is -2.46. The third-order valence-corrected chi connectivity index (χ3v) is 9.94. The number of nitrogens with two attached hydrogens (primary N) is 1. The second-order valence-corrected chi connectivity index (χ2v) is 15.9. The Morgan fingerprint density at radius 1 is 0.544 bits per heavy atom. The second-order valence-electron chi connectivity index (χ2n) is 14.5. The van der Waals surface area contributed by atoms with Crippen LogP contribution >= 0.6 is 7.82 Å². The van der Waals surface area contributed by atoms with E-state index in [1.54, 1.807) is 0 Å². The fraction of sp³-hybridized carbons (Fsp3) is 0.711. The van der Waals surface area contributed by atoms with E-state index in [0.29, 0.717) is 19.3 Å². The van der Waals surface area contributed by atoms with E-state index < -0.39 is 51.1 Å². The summed E-state index contributed by atoms with van der Waals surface area (Å²) in [6.07, 6.45) is 45.7. The number of allylic oxidation sites excluding steroid dienone is 10. The van der Waals surface area contributed by atoms with Crippen molar-refractivity contribution < 1.29 is 47.5 Å². The Morgan fingerprint density at radius 3 is 1.49 bits per heavy atom. The van der Waals surface area contributed by atoms with E-state index in [4.69, 9.17) is 24.8 Å². The van der Waals surface area contributed by atoms with E-state index in [1.165, 1.54) is 64.2 Å². The smallest absolute Gasteiger partial charge is 0.472 e. The molecule has 0 heterocycles. The predicted molar refractivity (Wildman–Crippen MR) is 231 cm³/mol. The van der Waals surface area contributed by atoms with E-state index in [2.05, 4.69) is 67.0 Å². The summed E-state index contributed by atoms with van der Waals surface area (Å²) in [4.78, 5) is 45.9. The van der Waals surface area contributed by atoms with Crippen molar-refractivity contribution >= 4 is 25.7 Å². The van der Waals surface area contributed by atoms with Gasteiger partial charge >= 0.3 is 25.7 Å². The van der Waals surface area contributed by atoms with Gasteiger partial charge in [-0.25, -0.2) is 4.57 Å². The Hall–Kier alpha value is -2.82. The zero-order chi connectivity index (χ0) is 42.1. The number of aliphatic carboxylic acids is 1. The molecule has 12 heteroatoms. The van der Waals surface area contributed by atoms with Crippen LogP contribution in [0.3, 0.4) is 0 Å². The molecule has 0 aromatic carbocycles. The summed E-state index contributed by atoms with van der Waals surface area (Å²) in [6.45, 7) is 2.70. The van der Waals surface area contributed by atoms with Crippen LogP contribution in [-0.4, -0.2) is 59.9 Å². The summed E-state index contributed by atoms with van der Waals surface area (Å²) in [6, 6.07) is -1.53. The van der Waals surface area contributed by atoms with Gasteiger partial charge in [0.25, 0.3) is 0 Å². The van der Waals surface area contributed by atoms with E-state index in [-0.39, 0.29) is 19.4 Å². The zero-order valence-corrected chi connectivity index (χ0v) is 36.3. The van der Waals surface area contributed by atoms with Gasteiger partial charge in [-0.15, -0.1) is 0 Å². The Bertz CT molecular complexity index is 1200. The number of phosphoric ester groups is 1. The van der Waals surface area contributed by atoms with E-state index in [9.17, 15) is 23.8 Å². The number of carbonyl (C=O) groups is 3. The third-order valence-electron chi connectivity index (χ3n) is 8.99. The molecule has 0 aliphatic carbocycles. The molecule has 0 aromatic heterocycles. The first-order valence-corrected chi connectivity index (χ1v) is 23.3. The van der Waals surface area contributed by atoms with Crippen molar-refractivity contribution in [2.75, 3.05) is 19.8 Å². The maximum Gasteiger partial charge on any atom is 0.472 e. The van der Waals surface area contributed by atoms with Crippen LogP contribution in [0.1, 0.15) is 174 Å². The fourth-order valence-corrected chi connectivity index (χ4v) is 6.30. The van der Waals surface area contributed by atoms with Gasteiger partial charge in [0.05, 0.1) is 13.2 Å². The number of hydrogen-bond donors (Lipinski definition) is 3. The highest BCUT2D eigenvalue weighted by molar-refractivity contribution is 7.47. The standard InChI is InChI=1S/C45H78NO10P/c1-3-5-7-9-11-13-15-17-19-21-23-24-26-28-30-32-34-36-43(47)53-38-41(39-54-57(51,52)55-40-42(46)45(49)50)56-44(48)37-35-33-31-29-27-25-22-20-18-16-14-12-10-8-6-4-2/h11,13,17,19-20,22-24,28,30,41-42H,3-10,12,14-16,18,21,25-27,29,31-40,46H2,1-2H3,(H,49,50)(H,51,52)/b13-11-,19-17-,22-20-,24-23-,30-28-/t41-,42+/m1/s1. The highest BCUT2D eigenvalue weighted by Gasteiger charge is 2.28. The molecule has 0 spiro atoms. The number of rotatable bonds is 40. The molecule has 11 nitrogen and oxygen atoms in total. The number of hydrogen-bond acceptors (Lipinski definition) is 9. The lowest BCUT2D eigenvalue weighted by Gasteiger charge is -2.20. The summed E-state index contributed by atoms with van der Waals surface area (Å²) in [7, 11) is -4.73. The summed E-state index contributed by atoms with van der Waals surface area (Å²) in [5.41, 5.74) is 5.33. The van der Waals surface area contributed by atoms with Gasteiger partial charge in [-0.3, -0.25) is 23.4 Å². The molecule has 0 rings (SSSR count). The minimum Gasteiger partial charge on any atom is -0.480 e. The van der Waals surface area contributed by atoms with E-state index in [1.807, 2.05) is 12.2 Å². The van der Waals surface area contributed by atoms with Crippen molar-refractivity contribution in [3.8, 4) is 0 Å². The van der Waals surface area contributed by atoms with Crippen molar-refractivity contribution in [2.24, 2.45) is 5.73 Å². The van der Waals surface area contributed by atoms with Crippen molar-refractivity contribution in [1.29, 1.82) is 0 Å². The van der Waals surface area contributed by atoms with Crippen molar-refractivity contribution in [3.63, 3.8) is 0 Å². The minimum atomic E-state index is -4.73. The second kappa shape index (κ2) is 40.0. The molecule has 0 saturated carbocycles. The highest BCUT2D eigenvalue weighted by Crippen LogP contribution is 2.43. The zero-order valence-electron chi connectivity index (χ0n) is 35.4. The van der Waals surface area contributed by atoms with Crippen LogP contribution in [-0.2, 0) is 37.5 Å². The number of phosphoric acid groups is 1. The van der Waals surface area contributed by atoms with Crippen LogP contribution in [0.5, 0.6) is 0 Å². The molecule has 0 bridgehead atoms. The average molecular weight is 824 g/mol. The first-order valence-electron chi connectivity index (χ1n) is 21.8. The van der Waals surface area contributed by atoms with Crippen LogP contribution in [0.25, 0.3) is 0 Å². The number of carboxylic acid groups (broad SMARTS) is 1. The van der Waals surface area contributed by atoms with Gasteiger partial charge in [0.1, 0.15) is 12.6 Å². The first-order chi connectivity index (χ1) is 27.6. The molecule has 0 aliphatic rings. The molecule has 0 fully saturated rings. The minimum absolute atomic E-state index is 0.138. The van der Waals surface area contributed by atoms with E-state index >= 15 is 0 Å². The summed E-state index contributed by atoms with van der Waals surface area (Å²) >= 11 is 0. The number of esters is 2. The van der Waals surface area contributed by atoms with Crippen LogP contribution < -0.4 is 5.73 Å². The maximum absolute atomic E-state index is 12.6. The quantitative estimate of drug-likeness (QED) is 0.0232. The van der Waals surface area contributed by atoms with Crippen molar-refractivity contribution in [2.45, 2.75) is 187 Å². The summed E-state index contributed by atoms with van der Waals surface area (Å²) in [5, 5.41) is 8.89. The van der Waals surface area contributed by atoms with Crippen molar-refractivity contribution in [3.05, 3.63) is 60.8 Å². The normalized spacial score (nSPS) is 14.3. The third kappa shape index (κ3) is 39.8. The van der Waals surface area contributed by atoms with Crippen LogP contribution in [0, 0.1) is 0 Å². The Morgan fingerprint density at radius 2 is 0.947 bits per heavy atom. The highest BCUT2D eigenvalue weighted by atomic mass is 31.2. The van der Waals surface area contributed by atoms with Gasteiger partial charge in [0, 0.05) is 12.8 Å². The van der Waals surface area contributed by atoms with Gasteiger partial charge in [-0.1, -0.05) is 145 Å². The molecule has 0 aromatic rings. The van der Waals surface area contributed by atoms with Crippen molar-refractivity contribution in [1.82, 2.24) is 0 Å². The number of ether oxygens (including phenoxy) is 2. The van der Waals surface area contributed by atoms with Crippen LogP contribution in [0.2, 0.25) is 0 Å². The lowest BCUT2D eigenvalue weighted by atomic mass is 10.1. The van der Waals surface area contributed by atoms with Crippen LogP contribution in [0.15, 0.2) is 60.8 Å². The number of unbranched alkanes of at least 4 members (excludes halogenated alkanes) is 16. The molecule has 4 N–H and O–H groups in total. The van der Waals surface area contributed by atoms with Gasteiger partial charge < -0.3 is 25.2 Å². The van der Waals surface area contributed by atoms with E-state index in [0.717, 1.165) is 64.2 Å². The summed E-state index contributed by atoms with van der Waals surface area (Å²) < 4.78 is 32.6. The van der Waals surface area contributed by atoms with Gasteiger partial charge in [-0.05, 0) is 77.0 Å². The molecule has 0 aliphatic heterocycles. The molecule has 57 heavy (non-hydrogen) atoms. The topological polar surface area (TPSA) is 172 Å². The maximum atomic E-state index is 12.6. The number of carboxylic acids is 1. The van der Waals surface area contributed by atoms with Crippen LogP contribution in [0.4, 0.5) is 0 Å². The Balaban J connectivity index is 4.48. The van der Waals surface area contributed by atoms with Gasteiger partial charge in [-0.2, -0.15) is 0 Å². The monoisotopic (exact) mass is 824 g/mol. The molecule has 0 saturated heterocycles. The number of carbonyl (C=O) groups excluding carboxylic acids is 2. The average Bonchev–Trinajstić information content (AvgIpc) is 3.19. The SMILES string of the molecule is CCCCC/C=C\C/C=C\C/C=C\C/C=C\CCCC(=O)OC[C@H](COP(=O)(O)OC[C@H](N)C(=O)O)OC(=O)CCCCCCC/C=C\CCCCCCCCC. The molecular weight excluding hydrogens is 745 g/mol. The molecule has 328 valence electrons. The predicted octanol–water partition coefficient (Wildman–Crippen LogP) is 11.6. The fourth-order valence-electron chi connectivity index (χ4n) is 5.52. The largest absolute Gasteiger partial charge is 0.480 e. The molecule has 1 unspecified atom stereocenters. The Kier molecular flexibility index (Phi) is 38.0. The molecule has 0 radical (unpaired) electrons. The lowest BCUT2D eigenvalue weighted by molar-refractivity contribution is -0.161.